The average Bonchev–Trinajstić information content (AvgIpc) is 2.64. The second kappa shape index (κ2) is 3.33. The van der Waals surface area contributed by atoms with Crippen LogP contribution in [0.4, 0.5) is 0 Å². The number of carbonyl (C=O) groups is 1. The molecule has 0 atom stereocenters. The van der Waals surface area contributed by atoms with Crippen molar-refractivity contribution in [1.82, 2.24) is 0 Å². The molecule has 0 bridgehead atoms. The van der Waals surface area contributed by atoms with E-state index >= 15 is 0 Å². The fourth-order valence-electron chi connectivity index (χ4n) is 1.84. The van der Waals surface area contributed by atoms with Gasteiger partial charge in [0.05, 0.1) is 12.2 Å². The molecule has 1 aromatic carbocycles. The summed E-state index contributed by atoms with van der Waals surface area (Å²) in [7, 11) is 0. The lowest BCUT2D eigenvalue weighted by molar-refractivity contribution is 0.0696. The molecule has 0 saturated heterocycles. The third-order valence-electron chi connectivity index (χ3n) is 2.55. The maximum absolute atomic E-state index is 10.9. The lowest BCUT2D eigenvalue weighted by Gasteiger charge is -2.07. The molecule has 3 nitrogen and oxygen atoms in total. The van der Waals surface area contributed by atoms with Gasteiger partial charge in [-0.2, -0.15) is 0 Å². The number of hydrogen-bond donors (Lipinski definition) is 1. The van der Waals surface area contributed by atoms with Crippen molar-refractivity contribution in [3.05, 3.63) is 28.8 Å². The summed E-state index contributed by atoms with van der Waals surface area (Å²) >= 11 is 0. The average molecular weight is 192 g/mol. The Morgan fingerprint density at radius 3 is 3.00 bits per heavy atom. The van der Waals surface area contributed by atoms with Crippen LogP contribution in [0.5, 0.6) is 5.75 Å². The van der Waals surface area contributed by atoms with Gasteiger partial charge in [-0.1, -0.05) is 13.0 Å². The highest BCUT2D eigenvalue weighted by Gasteiger charge is 2.22. The largest absolute Gasteiger partial charge is 0.493 e. The summed E-state index contributed by atoms with van der Waals surface area (Å²) in [6.07, 6.45) is 1.59. The minimum Gasteiger partial charge on any atom is -0.493 e. The third kappa shape index (κ3) is 1.25. The minimum atomic E-state index is -0.866. The van der Waals surface area contributed by atoms with Gasteiger partial charge in [-0.15, -0.1) is 0 Å². The van der Waals surface area contributed by atoms with Gasteiger partial charge in [-0.05, 0) is 18.1 Å². The summed E-state index contributed by atoms with van der Waals surface area (Å²) in [5, 5.41) is 8.96. The van der Waals surface area contributed by atoms with Crippen LogP contribution in [-0.4, -0.2) is 17.7 Å². The van der Waals surface area contributed by atoms with Crippen LogP contribution in [0.2, 0.25) is 0 Å². The molecule has 0 amide bonds. The van der Waals surface area contributed by atoms with Crippen LogP contribution >= 0.6 is 0 Å². The Morgan fingerprint density at radius 2 is 2.36 bits per heavy atom. The fourth-order valence-corrected chi connectivity index (χ4v) is 1.84. The highest BCUT2D eigenvalue weighted by Crippen LogP contribution is 2.32. The topological polar surface area (TPSA) is 46.5 Å². The molecular formula is C11H12O3. The molecule has 1 N–H and O–H groups in total. The van der Waals surface area contributed by atoms with Crippen LogP contribution < -0.4 is 4.74 Å². The van der Waals surface area contributed by atoms with E-state index in [1.54, 1.807) is 6.07 Å². The highest BCUT2D eigenvalue weighted by molar-refractivity contribution is 5.90. The van der Waals surface area contributed by atoms with Crippen molar-refractivity contribution in [3.8, 4) is 5.75 Å². The van der Waals surface area contributed by atoms with Crippen molar-refractivity contribution in [3.63, 3.8) is 0 Å². The number of hydrogen-bond acceptors (Lipinski definition) is 2. The monoisotopic (exact) mass is 192 g/mol. The van der Waals surface area contributed by atoms with E-state index in [9.17, 15) is 4.79 Å². The molecule has 1 aliphatic rings. The van der Waals surface area contributed by atoms with Gasteiger partial charge in [0, 0.05) is 12.0 Å². The Kier molecular flexibility index (Phi) is 2.15. The Hall–Kier alpha value is -1.51. The molecule has 0 unspecified atom stereocenters. The predicted octanol–water partition coefficient (Wildman–Crippen LogP) is 1.88. The molecule has 3 heteroatoms. The molecule has 0 saturated carbocycles. The van der Waals surface area contributed by atoms with E-state index in [4.69, 9.17) is 9.84 Å². The number of benzene rings is 1. The first-order chi connectivity index (χ1) is 6.74. The van der Waals surface area contributed by atoms with Gasteiger partial charge in [0.2, 0.25) is 0 Å². The van der Waals surface area contributed by atoms with E-state index in [0.29, 0.717) is 18.6 Å². The van der Waals surface area contributed by atoms with Crippen molar-refractivity contribution >= 4 is 5.97 Å². The lowest BCUT2D eigenvalue weighted by atomic mass is 10.0. The van der Waals surface area contributed by atoms with Crippen LogP contribution in [0, 0.1) is 0 Å². The summed E-state index contributed by atoms with van der Waals surface area (Å²) in [6, 6.07) is 3.52. The number of aromatic carboxylic acids is 1. The van der Waals surface area contributed by atoms with Gasteiger partial charge in [0.25, 0.3) is 0 Å². The van der Waals surface area contributed by atoms with Crippen molar-refractivity contribution in [2.75, 3.05) is 6.61 Å². The standard InChI is InChI=1S/C11H12O3/c1-2-7-3-4-9(11(12)13)8-5-6-14-10(7)8/h3-4H,2,5-6H2,1H3,(H,12,13). The summed E-state index contributed by atoms with van der Waals surface area (Å²) in [5.41, 5.74) is 2.34. The van der Waals surface area contributed by atoms with Crippen molar-refractivity contribution in [2.24, 2.45) is 0 Å². The first kappa shape index (κ1) is 9.06. The van der Waals surface area contributed by atoms with Gasteiger partial charge >= 0.3 is 5.97 Å². The quantitative estimate of drug-likeness (QED) is 0.778. The van der Waals surface area contributed by atoms with Crippen LogP contribution in [0.25, 0.3) is 0 Å². The van der Waals surface area contributed by atoms with Crippen LogP contribution in [0.3, 0.4) is 0 Å². The Morgan fingerprint density at radius 1 is 1.57 bits per heavy atom. The number of carboxylic acids is 1. The molecule has 0 aromatic heterocycles. The molecule has 0 radical (unpaired) electrons. The molecule has 74 valence electrons. The maximum Gasteiger partial charge on any atom is 0.336 e. The van der Waals surface area contributed by atoms with E-state index in [2.05, 4.69) is 0 Å². The highest BCUT2D eigenvalue weighted by atomic mass is 16.5. The predicted molar refractivity (Wildman–Crippen MR) is 52.0 cm³/mol. The number of aryl methyl sites for hydroxylation is 1. The van der Waals surface area contributed by atoms with Gasteiger partial charge in [0.1, 0.15) is 5.75 Å². The van der Waals surface area contributed by atoms with E-state index in [-0.39, 0.29) is 0 Å². The fraction of sp³-hybridized carbons (Fsp3) is 0.364. The Bertz CT molecular complexity index is 382. The lowest BCUT2D eigenvalue weighted by Crippen LogP contribution is -2.01. The van der Waals surface area contributed by atoms with E-state index in [1.165, 1.54) is 0 Å². The summed E-state index contributed by atoms with van der Waals surface area (Å²) in [4.78, 5) is 10.9. The van der Waals surface area contributed by atoms with Gasteiger partial charge in [-0.3, -0.25) is 0 Å². The number of fused-ring (bicyclic) bond motifs is 1. The van der Waals surface area contributed by atoms with Gasteiger partial charge in [0.15, 0.2) is 0 Å². The zero-order valence-electron chi connectivity index (χ0n) is 8.04. The van der Waals surface area contributed by atoms with Crippen molar-refractivity contribution < 1.29 is 14.6 Å². The summed E-state index contributed by atoms with van der Waals surface area (Å²) in [6.45, 7) is 2.64. The number of ether oxygens (including phenoxy) is 1. The first-order valence-corrected chi connectivity index (χ1v) is 4.75. The molecule has 0 fully saturated rings. The molecule has 1 heterocycles. The molecular weight excluding hydrogens is 180 g/mol. The second-order valence-corrected chi connectivity index (χ2v) is 3.34. The second-order valence-electron chi connectivity index (χ2n) is 3.34. The SMILES string of the molecule is CCc1ccc(C(=O)O)c2c1OCC2. The number of rotatable bonds is 2. The zero-order valence-corrected chi connectivity index (χ0v) is 8.04. The summed E-state index contributed by atoms with van der Waals surface area (Å²) in [5.74, 6) is -0.0678. The molecule has 0 spiro atoms. The van der Waals surface area contributed by atoms with E-state index < -0.39 is 5.97 Å². The molecule has 0 aliphatic carbocycles. The molecule has 1 aromatic rings. The zero-order chi connectivity index (χ0) is 10.1. The Balaban J connectivity index is 2.58. The van der Waals surface area contributed by atoms with Crippen molar-refractivity contribution in [2.45, 2.75) is 19.8 Å². The van der Waals surface area contributed by atoms with E-state index in [0.717, 1.165) is 23.3 Å². The van der Waals surface area contributed by atoms with Crippen LogP contribution in [0.15, 0.2) is 12.1 Å². The molecule has 14 heavy (non-hydrogen) atoms. The third-order valence-corrected chi connectivity index (χ3v) is 2.55. The van der Waals surface area contributed by atoms with Gasteiger partial charge < -0.3 is 9.84 Å². The van der Waals surface area contributed by atoms with E-state index in [1.807, 2.05) is 13.0 Å². The molecule has 2 rings (SSSR count). The normalized spacial score (nSPS) is 13.5. The van der Waals surface area contributed by atoms with Crippen LogP contribution in [-0.2, 0) is 12.8 Å². The van der Waals surface area contributed by atoms with Crippen LogP contribution in [0.1, 0.15) is 28.4 Å². The first-order valence-electron chi connectivity index (χ1n) is 4.75. The maximum atomic E-state index is 10.9. The van der Waals surface area contributed by atoms with Crippen molar-refractivity contribution in [1.29, 1.82) is 0 Å². The Labute approximate surface area is 82.3 Å². The molecule has 1 aliphatic heterocycles. The van der Waals surface area contributed by atoms with Gasteiger partial charge in [-0.25, -0.2) is 4.79 Å². The minimum absolute atomic E-state index is 0.384. The smallest absolute Gasteiger partial charge is 0.336 e. The number of carboxylic acid groups (broad SMARTS) is 1. The summed E-state index contributed by atoms with van der Waals surface area (Å²) < 4.78 is 5.45.